The summed E-state index contributed by atoms with van der Waals surface area (Å²) in [5, 5.41) is 13.2. The van der Waals surface area contributed by atoms with Gasteiger partial charge in [0.05, 0.1) is 16.3 Å². The van der Waals surface area contributed by atoms with E-state index in [4.69, 9.17) is 11.6 Å². The Balaban J connectivity index is 2.68. The van der Waals surface area contributed by atoms with Gasteiger partial charge in [-0.1, -0.05) is 27.5 Å². The van der Waals surface area contributed by atoms with Gasteiger partial charge in [0.2, 0.25) is 0 Å². The first-order valence-electron chi connectivity index (χ1n) is 4.30. The molecule has 0 bridgehead atoms. The summed E-state index contributed by atoms with van der Waals surface area (Å²) in [6, 6.07) is 5.59. The van der Waals surface area contributed by atoms with Crippen molar-refractivity contribution >= 4 is 33.2 Å². The highest BCUT2D eigenvalue weighted by molar-refractivity contribution is 9.10. The van der Waals surface area contributed by atoms with Gasteiger partial charge in [-0.25, -0.2) is 0 Å². The van der Waals surface area contributed by atoms with Gasteiger partial charge in [0, 0.05) is 11.0 Å². The molecule has 4 heteroatoms. The summed E-state index contributed by atoms with van der Waals surface area (Å²) in [5.41, 5.74) is 0.0909. The molecule has 0 aromatic heterocycles. The highest BCUT2D eigenvalue weighted by atomic mass is 79.9. The van der Waals surface area contributed by atoms with Gasteiger partial charge in [0.25, 0.3) is 0 Å². The molecule has 0 aliphatic rings. The highest BCUT2D eigenvalue weighted by Gasteiger charge is 2.12. The molecule has 0 spiro atoms. The number of aliphatic hydroxyl groups is 1. The minimum atomic E-state index is -0.740. The molecule has 0 amide bonds. The Bertz CT molecular complexity index is 322. The van der Waals surface area contributed by atoms with Crippen LogP contribution in [-0.2, 0) is 0 Å². The smallest absolute Gasteiger partial charge is 0.0763 e. The van der Waals surface area contributed by atoms with Crippen molar-refractivity contribution in [3.63, 3.8) is 0 Å². The Labute approximate surface area is 97.4 Å². The van der Waals surface area contributed by atoms with E-state index in [0.29, 0.717) is 11.6 Å². The van der Waals surface area contributed by atoms with Crippen molar-refractivity contribution in [1.82, 2.24) is 0 Å². The Morgan fingerprint density at radius 1 is 1.50 bits per heavy atom. The minimum Gasteiger partial charge on any atom is -0.389 e. The molecular weight excluding hydrogens is 265 g/mol. The number of hydrogen-bond acceptors (Lipinski definition) is 2. The molecule has 78 valence electrons. The fraction of sp³-hybridized carbons (Fsp3) is 0.400. The predicted octanol–water partition coefficient (Wildman–Crippen LogP) is 3.29. The average molecular weight is 279 g/mol. The van der Waals surface area contributed by atoms with E-state index in [9.17, 15) is 5.11 Å². The lowest BCUT2D eigenvalue weighted by atomic mass is 10.1. The molecule has 14 heavy (non-hydrogen) atoms. The van der Waals surface area contributed by atoms with Crippen molar-refractivity contribution in [3.05, 3.63) is 27.7 Å². The van der Waals surface area contributed by atoms with Crippen LogP contribution in [0.1, 0.15) is 13.8 Å². The standard InChI is InChI=1S/C10H13BrClNO/c1-10(2,14)6-13-9-4-3-7(11)5-8(9)12/h3-5,13-14H,6H2,1-2H3. The van der Waals surface area contributed by atoms with Crippen molar-refractivity contribution in [2.24, 2.45) is 0 Å². The fourth-order valence-electron chi connectivity index (χ4n) is 0.944. The van der Waals surface area contributed by atoms with Crippen LogP contribution in [0.2, 0.25) is 5.02 Å². The van der Waals surface area contributed by atoms with Gasteiger partial charge in [0.1, 0.15) is 0 Å². The van der Waals surface area contributed by atoms with Crippen LogP contribution in [-0.4, -0.2) is 17.3 Å². The summed E-state index contributed by atoms with van der Waals surface area (Å²) in [7, 11) is 0. The number of benzene rings is 1. The molecule has 0 aliphatic heterocycles. The molecule has 2 nitrogen and oxygen atoms in total. The second kappa shape index (κ2) is 4.51. The van der Waals surface area contributed by atoms with E-state index < -0.39 is 5.60 Å². The summed E-state index contributed by atoms with van der Waals surface area (Å²) in [5.74, 6) is 0. The molecule has 0 atom stereocenters. The van der Waals surface area contributed by atoms with Crippen LogP contribution >= 0.6 is 27.5 Å². The molecule has 2 N–H and O–H groups in total. The van der Waals surface area contributed by atoms with Crippen LogP contribution < -0.4 is 5.32 Å². The van der Waals surface area contributed by atoms with Gasteiger partial charge in [-0.05, 0) is 32.0 Å². The number of anilines is 1. The Morgan fingerprint density at radius 3 is 2.64 bits per heavy atom. The molecule has 0 aliphatic carbocycles. The average Bonchev–Trinajstić information content (AvgIpc) is 2.00. The summed E-state index contributed by atoms with van der Waals surface area (Å²) in [6.45, 7) is 3.95. The normalized spacial score (nSPS) is 11.5. The van der Waals surface area contributed by atoms with Crippen LogP contribution in [0.5, 0.6) is 0 Å². The van der Waals surface area contributed by atoms with E-state index in [0.717, 1.165) is 10.2 Å². The van der Waals surface area contributed by atoms with E-state index in [2.05, 4.69) is 21.2 Å². The molecular formula is C10H13BrClNO. The minimum absolute atomic E-state index is 0.467. The van der Waals surface area contributed by atoms with Crippen molar-refractivity contribution in [2.75, 3.05) is 11.9 Å². The number of halogens is 2. The molecule has 0 saturated carbocycles. The van der Waals surface area contributed by atoms with Crippen molar-refractivity contribution < 1.29 is 5.11 Å². The third-order valence-electron chi connectivity index (χ3n) is 1.64. The van der Waals surface area contributed by atoms with Crippen LogP contribution in [0, 0.1) is 0 Å². The third kappa shape index (κ3) is 3.86. The molecule has 1 rings (SSSR count). The predicted molar refractivity (Wildman–Crippen MR) is 63.9 cm³/mol. The zero-order valence-electron chi connectivity index (χ0n) is 8.14. The topological polar surface area (TPSA) is 32.3 Å². The SMILES string of the molecule is CC(C)(O)CNc1ccc(Br)cc1Cl. The molecule has 1 aromatic carbocycles. The van der Waals surface area contributed by atoms with Crippen molar-refractivity contribution in [2.45, 2.75) is 19.4 Å². The monoisotopic (exact) mass is 277 g/mol. The molecule has 0 unspecified atom stereocenters. The lowest BCUT2D eigenvalue weighted by molar-refractivity contribution is 0.0945. The van der Waals surface area contributed by atoms with Crippen molar-refractivity contribution in [3.8, 4) is 0 Å². The Morgan fingerprint density at radius 2 is 2.14 bits per heavy atom. The largest absolute Gasteiger partial charge is 0.389 e. The fourth-order valence-corrected chi connectivity index (χ4v) is 1.68. The first-order chi connectivity index (χ1) is 6.38. The maximum absolute atomic E-state index is 9.51. The van der Waals surface area contributed by atoms with E-state index in [1.807, 2.05) is 18.2 Å². The molecule has 1 aromatic rings. The van der Waals surface area contributed by atoms with Gasteiger partial charge in [-0.15, -0.1) is 0 Å². The maximum atomic E-state index is 9.51. The second-order valence-electron chi connectivity index (χ2n) is 3.79. The van der Waals surface area contributed by atoms with Crippen LogP contribution in [0.4, 0.5) is 5.69 Å². The summed E-state index contributed by atoms with van der Waals surface area (Å²) in [6.07, 6.45) is 0. The molecule has 0 saturated heterocycles. The molecule has 0 heterocycles. The van der Waals surface area contributed by atoms with Gasteiger partial charge < -0.3 is 10.4 Å². The van der Waals surface area contributed by atoms with Gasteiger partial charge in [0.15, 0.2) is 0 Å². The number of nitrogens with one attached hydrogen (secondary N) is 1. The number of hydrogen-bond donors (Lipinski definition) is 2. The maximum Gasteiger partial charge on any atom is 0.0763 e. The lowest BCUT2D eigenvalue weighted by Crippen LogP contribution is -2.29. The zero-order chi connectivity index (χ0) is 10.8. The Kier molecular flexibility index (Phi) is 3.81. The van der Waals surface area contributed by atoms with E-state index in [1.54, 1.807) is 13.8 Å². The summed E-state index contributed by atoms with van der Waals surface area (Å²) >= 11 is 9.31. The van der Waals surface area contributed by atoms with Crippen molar-refractivity contribution in [1.29, 1.82) is 0 Å². The first-order valence-corrected chi connectivity index (χ1v) is 5.47. The molecule has 0 radical (unpaired) electrons. The van der Waals surface area contributed by atoms with E-state index in [1.165, 1.54) is 0 Å². The lowest BCUT2D eigenvalue weighted by Gasteiger charge is -2.19. The Hall–Kier alpha value is -0.250. The highest BCUT2D eigenvalue weighted by Crippen LogP contribution is 2.25. The van der Waals surface area contributed by atoms with E-state index in [-0.39, 0.29) is 0 Å². The summed E-state index contributed by atoms with van der Waals surface area (Å²) < 4.78 is 0.941. The van der Waals surface area contributed by atoms with Crippen LogP contribution in [0.15, 0.2) is 22.7 Å². The van der Waals surface area contributed by atoms with Gasteiger partial charge in [-0.2, -0.15) is 0 Å². The van der Waals surface area contributed by atoms with Gasteiger partial charge in [-0.3, -0.25) is 0 Å². The zero-order valence-corrected chi connectivity index (χ0v) is 10.5. The second-order valence-corrected chi connectivity index (χ2v) is 5.11. The first kappa shape index (κ1) is 11.8. The van der Waals surface area contributed by atoms with Gasteiger partial charge >= 0.3 is 0 Å². The van der Waals surface area contributed by atoms with Crippen LogP contribution in [0.25, 0.3) is 0 Å². The van der Waals surface area contributed by atoms with Crippen LogP contribution in [0.3, 0.4) is 0 Å². The quantitative estimate of drug-likeness (QED) is 0.889. The van der Waals surface area contributed by atoms with E-state index >= 15 is 0 Å². The molecule has 0 fully saturated rings. The summed E-state index contributed by atoms with van der Waals surface area (Å²) in [4.78, 5) is 0. The number of rotatable bonds is 3. The third-order valence-corrected chi connectivity index (χ3v) is 2.45.